The number of hydrogen-bond acceptors (Lipinski definition) is 4. The molecular formula is C13H15ClN4O2. The third kappa shape index (κ3) is 3.03. The monoisotopic (exact) mass is 294 g/mol. The van der Waals surface area contributed by atoms with Crippen LogP contribution in [0, 0.1) is 0 Å². The van der Waals surface area contributed by atoms with E-state index in [1.807, 2.05) is 13.1 Å². The van der Waals surface area contributed by atoms with Gasteiger partial charge in [0.15, 0.2) is 5.84 Å². The molecule has 0 amide bonds. The number of oxime groups is 1. The van der Waals surface area contributed by atoms with E-state index in [-0.39, 0.29) is 5.84 Å². The maximum absolute atomic E-state index is 8.79. The van der Waals surface area contributed by atoms with Gasteiger partial charge in [-0.2, -0.15) is 5.10 Å². The van der Waals surface area contributed by atoms with Gasteiger partial charge in [-0.05, 0) is 19.1 Å². The number of aromatic nitrogens is 2. The Morgan fingerprint density at radius 2 is 2.35 bits per heavy atom. The zero-order valence-electron chi connectivity index (χ0n) is 11.0. The summed E-state index contributed by atoms with van der Waals surface area (Å²) in [6, 6.07) is 5.10. The fourth-order valence-electron chi connectivity index (χ4n) is 1.74. The van der Waals surface area contributed by atoms with Crippen LogP contribution in [0.25, 0.3) is 0 Å². The first-order valence-electron chi connectivity index (χ1n) is 6.06. The van der Waals surface area contributed by atoms with E-state index in [4.69, 9.17) is 27.3 Å². The minimum absolute atomic E-state index is 0.0881. The predicted octanol–water partition coefficient (Wildman–Crippen LogP) is 2.23. The number of hydrogen-bond donors (Lipinski definition) is 2. The van der Waals surface area contributed by atoms with Gasteiger partial charge < -0.3 is 15.7 Å². The maximum Gasteiger partial charge on any atom is 0.175 e. The van der Waals surface area contributed by atoms with Gasteiger partial charge in [0.1, 0.15) is 12.4 Å². The fraction of sp³-hybridized carbons (Fsp3) is 0.231. The van der Waals surface area contributed by atoms with Crippen LogP contribution in [0.1, 0.15) is 18.1 Å². The average Bonchev–Trinajstić information content (AvgIpc) is 2.92. The number of nitrogens with two attached hydrogens (primary N) is 1. The average molecular weight is 295 g/mol. The molecule has 0 bridgehead atoms. The van der Waals surface area contributed by atoms with Crippen molar-refractivity contribution in [2.75, 3.05) is 0 Å². The van der Waals surface area contributed by atoms with Crippen LogP contribution >= 0.6 is 11.6 Å². The highest BCUT2D eigenvalue weighted by Gasteiger charge is 2.13. The third-order valence-corrected chi connectivity index (χ3v) is 3.06. The highest BCUT2D eigenvalue weighted by Crippen LogP contribution is 2.26. The number of ether oxygens (including phenoxy) is 1. The van der Waals surface area contributed by atoms with Crippen molar-refractivity contribution in [1.82, 2.24) is 9.78 Å². The molecule has 1 heterocycles. The summed E-state index contributed by atoms with van der Waals surface area (Å²) in [5, 5.41) is 16.3. The Morgan fingerprint density at radius 1 is 1.55 bits per heavy atom. The first-order chi connectivity index (χ1) is 9.65. The lowest BCUT2D eigenvalue weighted by atomic mass is 10.2. The van der Waals surface area contributed by atoms with Gasteiger partial charge >= 0.3 is 0 Å². The SMILES string of the molecule is CCn1cc(COc2cccc(Cl)c2/C(N)=N/O)cn1. The predicted molar refractivity (Wildman–Crippen MR) is 76.2 cm³/mol. The first kappa shape index (κ1) is 14.2. The van der Waals surface area contributed by atoms with Crippen LogP contribution in [0.2, 0.25) is 5.02 Å². The van der Waals surface area contributed by atoms with Gasteiger partial charge in [-0.25, -0.2) is 0 Å². The van der Waals surface area contributed by atoms with Crippen LogP contribution in [0.5, 0.6) is 5.75 Å². The van der Waals surface area contributed by atoms with E-state index >= 15 is 0 Å². The number of amidine groups is 1. The largest absolute Gasteiger partial charge is 0.488 e. The number of aryl methyl sites for hydroxylation is 1. The second-order valence-electron chi connectivity index (χ2n) is 4.09. The standard InChI is InChI=1S/C13H15ClN4O2/c1-2-18-7-9(6-16-18)8-20-11-5-3-4-10(14)12(11)13(15)17-19/h3-7,19H,2,8H2,1H3,(H2,15,17). The Hall–Kier alpha value is -2.21. The van der Waals surface area contributed by atoms with Crippen molar-refractivity contribution in [2.24, 2.45) is 10.9 Å². The van der Waals surface area contributed by atoms with Crippen LogP contribution in [0.4, 0.5) is 0 Å². The van der Waals surface area contributed by atoms with Crippen LogP contribution < -0.4 is 10.5 Å². The number of rotatable bonds is 5. The number of halogens is 1. The fourth-order valence-corrected chi connectivity index (χ4v) is 2.00. The van der Waals surface area contributed by atoms with E-state index < -0.39 is 0 Å². The molecule has 0 aliphatic rings. The van der Waals surface area contributed by atoms with Gasteiger partial charge in [0, 0.05) is 18.3 Å². The number of nitrogens with zero attached hydrogens (tertiary/aromatic N) is 3. The van der Waals surface area contributed by atoms with Gasteiger partial charge in [0.2, 0.25) is 0 Å². The molecule has 0 atom stereocenters. The van der Waals surface area contributed by atoms with Crippen molar-refractivity contribution in [3.8, 4) is 5.75 Å². The van der Waals surface area contributed by atoms with E-state index in [2.05, 4.69) is 10.3 Å². The molecule has 1 aromatic carbocycles. The van der Waals surface area contributed by atoms with Crippen LogP contribution in [0.3, 0.4) is 0 Å². The minimum Gasteiger partial charge on any atom is -0.488 e. The highest BCUT2D eigenvalue weighted by molar-refractivity contribution is 6.34. The molecule has 0 fully saturated rings. The summed E-state index contributed by atoms with van der Waals surface area (Å²) >= 11 is 6.04. The molecule has 0 saturated carbocycles. The molecule has 3 N–H and O–H groups in total. The van der Waals surface area contributed by atoms with E-state index in [0.29, 0.717) is 22.9 Å². The molecule has 2 aromatic rings. The van der Waals surface area contributed by atoms with Crippen molar-refractivity contribution in [3.05, 3.63) is 46.7 Å². The molecular weight excluding hydrogens is 280 g/mol. The Kier molecular flexibility index (Phi) is 4.47. The summed E-state index contributed by atoms with van der Waals surface area (Å²) in [5.41, 5.74) is 6.91. The molecule has 106 valence electrons. The Balaban J connectivity index is 2.19. The van der Waals surface area contributed by atoms with Crippen molar-refractivity contribution in [3.63, 3.8) is 0 Å². The molecule has 0 aliphatic carbocycles. The molecule has 0 radical (unpaired) electrons. The smallest absolute Gasteiger partial charge is 0.175 e. The highest BCUT2D eigenvalue weighted by atomic mass is 35.5. The van der Waals surface area contributed by atoms with E-state index in [9.17, 15) is 0 Å². The Labute approximate surface area is 121 Å². The molecule has 7 heteroatoms. The summed E-state index contributed by atoms with van der Waals surface area (Å²) in [5.74, 6) is 0.368. The summed E-state index contributed by atoms with van der Waals surface area (Å²) in [4.78, 5) is 0. The topological polar surface area (TPSA) is 85.7 Å². The molecule has 2 rings (SSSR count). The van der Waals surface area contributed by atoms with Crippen LogP contribution in [-0.4, -0.2) is 20.8 Å². The molecule has 6 nitrogen and oxygen atoms in total. The summed E-state index contributed by atoms with van der Waals surface area (Å²) in [6.07, 6.45) is 3.63. The quantitative estimate of drug-likeness (QED) is 0.383. The molecule has 0 unspecified atom stereocenters. The van der Waals surface area contributed by atoms with Crippen molar-refractivity contribution in [1.29, 1.82) is 0 Å². The molecule has 20 heavy (non-hydrogen) atoms. The van der Waals surface area contributed by atoms with Gasteiger partial charge in [-0.15, -0.1) is 0 Å². The first-order valence-corrected chi connectivity index (χ1v) is 6.44. The lowest BCUT2D eigenvalue weighted by Crippen LogP contribution is -2.15. The minimum atomic E-state index is -0.0881. The van der Waals surface area contributed by atoms with Gasteiger partial charge in [0.05, 0.1) is 16.8 Å². The summed E-state index contributed by atoms with van der Waals surface area (Å²) < 4.78 is 7.48. The Morgan fingerprint density at radius 3 is 3.00 bits per heavy atom. The summed E-state index contributed by atoms with van der Waals surface area (Å²) in [6.45, 7) is 3.13. The van der Waals surface area contributed by atoms with Crippen molar-refractivity contribution < 1.29 is 9.94 Å². The van der Waals surface area contributed by atoms with Crippen LogP contribution in [-0.2, 0) is 13.2 Å². The normalized spacial score (nSPS) is 11.6. The lowest BCUT2D eigenvalue weighted by Gasteiger charge is -2.11. The number of benzene rings is 1. The lowest BCUT2D eigenvalue weighted by molar-refractivity contribution is 0.303. The molecule has 1 aromatic heterocycles. The zero-order valence-corrected chi connectivity index (χ0v) is 11.7. The third-order valence-electron chi connectivity index (χ3n) is 2.74. The maximum atomic E-state index is 8.79. The molecule has 0 spiro atoms. The Bertz CT molecular complexity index is 625. The second kappa shape index (κ2) is 6.29. The molecule has 0 aliphatic heterocycles. The molecule has 0 saturated heterocycles. The van der Waals surface area contributed by atoms with Crippen molar-refractivity contribution in [2.45, 2.75) is 20.1 Å². The van der Waals surface area contributed by atoms with Gasteiger partial charge in [-0.1, -0.05) is 22.8 Å². The van der Waals surface area contributed by atoms with Gasteiger partial charge in [0.25, 0.3) is 0 Å². The van der Waals surface area contributed by atoms with Crippen LogP contribution in [0.15, 0.2) is 35.7 Å². The van der Waals surface area contributed by atoms with Gasteiger partial charge in [-0.3, -0.25) is 4.68 Å². The summed E-state index contributed by atoms with van der Waals surface area (Å²) in [7, 11) is 0. The van der Waals surface area contributed by atoms with E-state index in [0.717, 1.165) is 12.1 Å². The van der Waals surface area contributed by atoms with E-state index in [1.165, 1.54) is 0 Å². The van der Waals surface area contributed by atoms with Crippen molar-refractivity contribution >= 4 is 17.4 Å². The van der Waals surface area contributed by atoms with E-state index in [1.54, 1.807) is 29.1 Å². The second-order valence-corrected chi connectivity index (χ2v) is 4.50. The zero-order chi connectivity index (χ0) is 14.5.